The van der Waals surface area contributed by atoms with Crippen LogP contribution >= 0.6 is 0 Å². The lowest BCUT2D eigenvalue weighted by atomic mass is 10.2. The van der Waals surface area contributed by atoms with Crippen molar-refractivity contribution >= 4 is 11.8 Å². The van der Waals surface area contributed by atoms with Gasteiger partial charge in [-0.1, -0.05) is 0 Å². The molecule has 1 aliphatic heterocycles. The number of hydrogen-bond donors (Lipinski definition) is 1. The predicted octanol–water partition coefficient (Wildman–Crippen LogP) is -2.23. The molecule has 1 aromatic heterocycles. The lowest BCUT2D eigenvalue weighted by Crippen LogP contribution is -2.54. The second-order valence-electron chi connectivity index (χ2n) is 4.22. The largest absolute Gasteiger partial charge is 0.480 e. The van der Waals surface area contributed by atoms with Crippen LogP contribution in [0.2, 0.25) is 0 Å². The molecule has 1 saturated heterocycles. The average Bonchev–Trinajstić information content (AvgIpc) is 2.40. The summed E-state index contributed by atoms with van der Waals surface area (Å²) in [6.07, 6.45) is 0. The number of hydrogen-bond acceptors (Lipinski definition) is 6. The van der Waals surface area contributed by atoms with Gasteiger partial charge in [0, 0.05) is 20.6 Å². The molecule has 1 atom stereocenters. The first-order chi connectivity index (χ1) is 8.93. The number of ether oxygens (including phenoxy) is 1. The number of rotatable bonds is 2. The van der Waals surface area contributed by atoms with Gasteiger partial charge in [0.15, 0.2) is 6.04 Å². The van der Waals surface area contributed by atoms with Crippen LogP contribution in [0.5, 0.6) is 0 Å². The first-order valence-corrected chi connectivity index (χ1v) is 5.65. The Kier molecular flexibility index (Phi) is 3.38. The van der Waals surface area contributed by atoms with E-state index in [4.69, 9.17) is 9.84 Å². The van der Waals surface area contributed by atoms with E-state index in [0.717, 1.165) is 9.25 Å². The normalized spacial score (nSPS) is 19.5. The quantitative estimate of drug-likeness (QED) is 0.648. The third-order valence-electron chi connectivity index (χ3n) is 2.99. The third-order valence-corrected chi connectivity index (χ3v) is 2.99. The van der Waals surface area contributed by atoms with Crippen LogP contribution in [0.25, 0.3) is 0 Å². The van der Waals surface area contributed by atoms with Crippen LogP contribution in [0.1, 0.15) is 0 Å². The average molecular weight is 270 g/mol. The monoisotopic (exact) mass is 270 g/mol. The molecule has 0 spiro atoms. The van der Waals surface area contributed by atoms with Gasteiger partial charge in [-0.2, -0.15) is 0 Å². The second-order valence-corrected chi connectivity index (χ2v) is 4.22. The summed E-state index contributed by atoms with van der Waals surface area (Å²) >= 11 is 0. The number of aryl methyl sites for hydroxylation is 1. The van der Waals surface area contributed by atoms with Gasteiger partial charge >= 0.3 is 11.7 Å². The maximum absolute atomic E-state index is 12.0. The zero-order chi connectivity index (χ0) is 14.2. The van der Waals surface area contributed by atoms with Crippen molar-refractivity contribution in [3.8, 4) is 0 Å². The fraction of sp³-hybridized carbons (Fsp3) is 0.600. The molecule has 9 nitrogen and oxygen atoms in total. The van der Waals surface area contributed by atoms with Gasteiger partial charge in [-0.3, -0.25) is 9.36 Å². The molecule has 104 valence electrons. The Bertz CT molecular complexity index is 619. The number of carboxylic acids is 1. The third kappa shape index (κ3) is 2.24. The number of anilines is 1. The summed E-state index contributed by atoms with van der Waals surface area (Å²) in [5.74, 6) is -1.15. The Morgan fingerprint density at radius 2 is 2.11 bits per heavy atom. The van der Waals surface area contributed by atoms with E-state index >= 15 is 0 Å². The molecule has 0 radical (unpaired) electrons. The summed E-state index contributed by atoms with van der Waals surface area (Å²) in [5, 5.41) is 13.0. The van der Waals surface area contributed by atoms with E-state index in [1.54, 1.807) is 0 Å². The van der Waals surface area contributed by atoms with Gasteiger partial charge in [0.1, 0.15) is 0 Å². The van der Waals surface area contributed by atoms with E-state index in [0.29, 0.717) is 6.61 Å². The minimum Gasteiger partial charge on any atom is -0.480 e. The van der Waals surface area contributed by atoms with Gasteiger partial charge < -0.3 is 14.7 Å². The molecule has 0 aliphatic carbocycles. The number of carbonyl (C=O) groups is 1. The van der Waals surface area contributed by atoms with Gasteiger partial charge in [0.05, 0.1) is 13.2 Å². The van der Waals surface area contributed by atoms with Crippen LogP contribution in [0, 0.1) is 0 Å². The summed E-state index contributed by atoms with van der Waals surface area (Å²) in [6, 6.07) is -0.980. The highest BCUT2D eigenvalue weighted by molar-refractivity contribution is 5.78. The second kappa shape index (κ2) is 4.84. The van der Waals surface area contributed by atoms with Crippen molar-refractivity contribution in [3.63, 3.8) is 0 Å². The Balaban J connectivity index is 2.54. The molecule has 0 aromatic carbocycles. The number of aromatic nitrogens is 3. The number of aliphatic carboxylic acids is 1. The van der Waals surface area contributed by atoms with E-state index in [2.05, 4.69) is 5.10 Å². The van der Waals surface area contributed by atoms with E-state index < -0.39 is 23.3 Å². The minimum atomic E-state index is -1.10. The molecule has 2 rings (SSSR count). The summed E-state index contributed by atoms with van der Waals surface area (Å²) in [4.78, 5) is 36.1. The highest BCUT2D eigenvalue weighted by atomic mass is 16.5. The Morgan fingerprint density at radius 3 is 2.74 bits per heavy atom. The van der Waals surface area contributed by atoms with Crippen LogP contribution in [0.15, 0.2) is 9.59 Å². The van der Waals surface area contributed by atoms with Gasteiger partial charge in [-0.15, -0.1) is 5.10 Å². The summed E-state index contributed by atoms with van der Waals surface area (Å²) < 4.78 is 7.00. The van der Waals surface area contributed by atoms with E-state index in [-0.39, 0.29) is 19.0 Å². The highest BCUT2D eigenvalue weighted by Crippen LogP contribution is 2.12. The van der Waals surface area contributed by atoms with Gasteiger partial charge in [-0.05, 0) is 0 Å². The molecule has 9 heteroatoms. The van der Waals surface area contributed by atoms with Crippen LogP contribution < -0.4 is 16.1 Å². The molecule has 1 unspecified atom stereocenters. The first kappa shape index (κ1) is 13.3. The van der Waals surface area contributed by atoms with Crippen LogP contribution in [-0.2, 0) is 23.6 Å². The zero-order valence-electron chi connectivity index (χ0n) is 10.6. The maximum Gasteiger partial charge on any atom is 0.346 e. The fourth-order valence-electron chi connectivity index (χ4n) is 1.92. The number of carboxylic acid groups (broad SMARTS) is 1. The Morgan fingerprint density at radius 1 is 1.42 bits per heavy atom. The van der Waals surface area contributed by atoms with Crippen LogP contribution in [-0.4, -0.2) is 51.2 Å². The maximum atomic E-state index is 12.0. The first-order valence-electron chi connectivity index (χ1n) is 5.65. The minimum absolute atomic E-state index is 0.0248. The standard InChI is InChI=1S/C10H14N4O5/c1-12-8(15)7(11-13(2)10(12)18)14-3-4-19-5-6(14)9(16)17/h6H,3-5H2,1-2H3,(H,16,17). The molecule has 1 fully saturated rings. The molecule has 1 N–H and O–H groups in total. The lowest BCUT2D eigenvalue weighted by molar-refractivity contribution is -0.141. The fourth-order valence-corrected chi connectivity index (χ4v) is 1.92. The van der Waals surface area contributed by atoms with Crippen LogP contribution in [0.3, 0.4) is 0 Å². The molecular weight excluding hydrogens is 256 g/mol. The number of morpholine rings is 1. The Hall–Kier alpha value is -2.16. The summed E-state index contributed by atoms with van der Waals surface area (Å²) in [5.41, 5.74) is -1.18. The molecule has 1 aliphatic rings. The topological polar surface area (TPSA) is 107 Å². The smallest absolute Gasteiger partial charge is 0.346 e. The number of nitrogens with zero attached hydrogens (tertiary/aromatic N) is 4. The van der Waals surface area contributed by atoms with E-state index in [1.807, 2.05) is 0 Å². The van der Waals surface area contributed by atoms with Gasteiger partial charge in [0.2, 0.25) is 5.82 Å². The molecule has 19 heavy (non-hydrogen) atoms. The van der Waals surface area contributed by atoms with Crippen molar-refractivity contribution in [1.82, 2.24) is 14.3 Å². The molecule has 0 amide bonds. The summed E-state index contributed by atoms with van der Waals surface area (Å²) in [6.45, 7) is 0.512. The Labute approximate surface area is 107 Å². The van der Waals surface area contributed by atoms with E-state index in [1.165, 1.54) is 19.0 Å². The van der Waals surface area contributed by atoms with Crippen molar-refractivity contribution in [3.05, 3.63) is 20.8 Å². The zero-order valence-corrected chi connectivity index (χ0v) is 10.6. The molecule has 1 aromatic rings. The van der Waals surface area contributed by atoms with Crippen molar-refractivity contribution in [1.29, 1.82) is 0 Å². The summed E-state index contributed by atoms with van der Waals surface area (Å²) in [7, 11) is 2.73. The van der Waals surface area contributed by atoms with Gasteiger partial charge in [-0.25, -0.2) is 14.3 Å². The van der Waals surface area contributed by atoms with Crippen molar-refractivity contribution in [2.24, 2.45) is 14.1 Å². The molecule has 0 saturated carbocycles. The van der Waals surface area contributed by atoms with Crippen molar-refractivity contribution < 1.29 is 14.6 Å². The molecular formula is C10H14N4O5. The van der Waals surface area contributed by atoms with Crippen molar-refractivity contribution in [2.45, 2.75) is 6.04 Å². The van der Waals surface area contributed by atoms with Crippen molar-refractivity contribution in [2.75, 3.05) is 24.7 Å². The highest BCUT2D eigenvalue weighted by Gasteiger charge is 2.32. The molecule has 2 heterocycles. The lowest BCUT2D eigenvalue weighted by Gasteiger charge is -2.33. The van der Waals surface area contributed by atoms with E-state index in [9.17, 15) is 14.4 Å². The van der Waals surface area contributed by atoms with Crippen LogP contribution in [0.4, 0.5) is 5.82 Å². The van der Waals surface area contributed by atoms with Gasteiger partial charge in [0.25, 0.3) is 5.56 Å². The SMILES string of the molecule is Cn1nc(N2CCOCC2C(=O)O)c(=O)n(C)c1=O. The molecule has 0 bridgehead atoms. The predicted molar refractivity (Wildman–Crippen MR) is 64.3 cm³/mol.